The summed E-state index contributed by atoms with van der Waals surface area (Å²) in [6, 6.07) is 4.23. The van der Waals surface area contributed by atoms with Gasteiger partial charge in [0.15, 0.2) is 11.6 Å². The molecule has 0 radical (unpaired) electrons. The molecule has 3 nitrogen and oxygen atoms in total. The fraction of sp³-hybridized carbons (Fsp3) is 0.333. The molecule has 0 amide bonds. The van der Waals surface area contributed by atoms with Crippen LogP contribution in [0.15, 0.2) is 12.1 Å². The quantitative estimate of drug-likeness (QED) is 0.791. The lowest BCUT2D eigenvalue weighted by molar-refractivity contribution is -0.126. The van der Waals surface area contributed by atoms with Gasteiger partial charge in [-0.3, -0.25) is 4.79 Å². The van der Waals surface area contributed by atoms with Crippen LogP contribution in [-0.2, 0) is 10.2 Å². The van der Waals surface area contributed by atoms with Gasteiger partial charge in [0.05, 0.1) is 18.6 Å². The van der Waals surface area contributed by atoms with E-state index in [-0.39, 0.29) is 29.9 Å². The number of hydrogen-bond donors (Lipinski definition) is 0. The summed E-state index contributed by atoms with van der Waals surface area (Å²) in [6.07, 6.45) is 0.0376. The molecule has 2 rings (SSSR count). The van der Waals surface area contributed by atoms with Crippen LogP contribution in [0, 0.1) is 23.0 Å². The maximum absolute atomic E-state index is 13.5. The molecule has 0 aliphatic heterocycles. The number of halogens is 2. The molecule has 1 aromatic rings. The Labute approximate surface area is 96.6 Å². The van der Waals surface area contributed by atoms with Crippen molar-refractivity contribution in [1.82, 2.24) is 0 Å². The first kappa shape index (κ1) is 11.5. The topological polar surface area (TPSA) is 50.1 Å². The molecule has 0 spiro atoms. The van der Waals surface area contributed by atoms with Gasteiger partial charge in [-0.1, -0.05) is 6.07 Å². The third kappa shape index (κ3) is 1.57. The Morgan fingerprint density at radius 1 is 1.41 bits per heavy atom. The standard InChI is InChI=1S/C12H9F2NO2/c1-17-11-8(2-3-9(13)10(11)14)12(6-15)4-7(16)5-12/h2-3H,4-5H2,1H3. The molecule has 88 valence electrons. The summed E-state index contributed by atoms with van der Waals surface area (Å²) in [7, 11) is 1.20. The van der Waals surface area contributed by atoms with E-state index in [2.05, 4.69) is 0 Å². The number of ether oxygens (including phenoxy) is 1. The molecule has 0 bridgehead atoms. The summed E-state index contributed by atoms with van der Waals surface area (Å²) in [4.78, 5) is 11.0. The van der Waals surface area contributed by atoms with Crippen molar-refractivity contribution >= 4 is 5.78 Å². The van der Waals surface area contributed by atoms with E-state index in [1.54, 1.807) is 0 Å². The number of nitrogens with zero attached hydrogens (tertiary/aromatic N) is 1. The van der Waals surface area contributed by atoms with Gasteiger partial charge in [-0.25, -0.2) is 4.39 Å². The van der Waals surface area contributed by atoms with Crippen LogP contribution < -0.4 is 4.74 Å². The third-order valence-corrected chi connectivity index (χ3v) is 2.98. The third-order valence-electron chi connectivity index (χ3n) is 2.98. The summed E-state index contributed by atoms with van der Waals surface area (Å²) < 4.78 is 31.3. The molecule has 0 aromatic heterocycles. The molecule has 1 aromatic carbocycles. The van der Waals surface area contributed by atoms with Crippen LogP contribution in [0.4, 0.5) is 8.78 Å². The first-order valence-electron chi connectivity index (χ1n) is 4.99. The highest BCUT2D eigenvalue weighted by Crippen LogP contribution is 2.45. The van der Waals surface area contributed by atoms with Crippen molar-refractivity contribution in [2.45, 2.75) is 18.3 Å². The number of carbonyl (C=O) groups is 1. The maximum atomic E-state index is 13.5. The van der Waals surface area contributed by atoms with E-state index in [4.69, 9.17) is 10.00 Å². The summed E-state index contributed by atoms with van der Waals surface area (Å²) >= 11 is 0. The molecule has 0 heterocycles. The Balaban J connectivity index is 2.57. The second-order valence-electron chi connectivity index (χ2n) is 4.03. The van der Waals surface area contributed by atoms with Gasteiger partial charge in [-0.2, -0.15) is 9.65 Å². The van der Waals surface area contributed by atoms with E-state index in [1.807, 2.05) is 6.07 Å². The minimum absolute atomic E-state index is 0.0188. The van der Waals surface area contributed by atoms with E-state index >= 15 is 0 Å². The highest BCUT2D eigenvalue weighted by molar-refractivity contribution is 5.90. The number of carbonyl (C=O) groups excluding carboxylic acids is 1. The van der Waals surface area contributed by atoms with Crippen molar-refractivity contribution in [3.63, 3.8) is 0 Å². The zero-order valence-corrected chi connectivity index (χ0v) is 9.09. The van der Waals surface area contributed by atoms with Crippen molar-refractivity contribution in [3.05, 3.63) is 29.3 Å². The van der Waals surface area contributed by atoms with Crippen molar-refractivity contribution in [1.29, 1.82) is 5.26 Å². The largest absolute Gasteiger partial charge is 0.493 e. The number of nitriles is 1. The SMILES string of the molecule is COc1c(C2(C#N)CC(=O)C2)ccc(F)c1F. The van der Waals surface area contributed by atoms with Crippen LogP contribution in [-0.4, -0.2) is 12.9 Å². The molecular weight excluding hydrogens is 228 g/mol. The Bertz CT molecular complexity index is 526. The fourth-order valence-corrected chi connectivity index (χ4v) is 2.06. The number of Topliss-reactive ketones (excluding diaryl/α,β-unsaturated/α-hetero) is 1. The number of ketones is 1. The highest BCUT2D eigenvalue weighted by Gasteiger charge is 2.47. The van der Waals surface area contributed by atoms with Crippen molar-refractivity contribution in [2.24, 2.45) is 0 Å². The predicted molar refractivity (Wildman–Crippen MR) is 54.4 cm³/mol. The molecule has 17 heavy (non-hydrogen) atoms. The monoisotopic (exact) mass is 237 g/mol. The normalized spacial score (nSPS) is 17.2. The number of methoxy groups -OCH3 is 1. The van der Waals surface area contributed by atoms with E-state index in [0.717, 1.165) is 6.07 Å². The van der Waals surface area contributed by atoms with Gasteiger partial charge < -0.3 is 4.74 Å². The van der Waals surface area contributed by atoms with E-state index < -0.39 is 17.0 Å². The van der Waals surface area contributed by atoms with Gasteiger partial charge in [0.2, 0.25) is 5.82 Å². The zero-order valence-electron chi connectivity index (χ0n) is 9.09. The minimum Gasteiger partial charge on any atom is -0.493 e. The second-order valence-corrected chi connectivity index (χ2v) is 4.03. The van der Waals surface area contributed by atoms with Crippen LogP contribution in [0.5, 0.6) is 5.75 Å². The molecular formula is C12H9F2NO2. The van der Waals surface area contributed by atoms with Gasteiger partial charge in [-0.15, -0.1) is 0 Å². The first-order chi connectivity index (χ1) is 8.04. The van der Waals surface area contributed by atoms with Gasteiger partial charge in [0.25, 0.3) is 0 Å². The summed E-state index contributed by atoms with van der Waals surface area (Å²) in [6.45, 7) is 0. The molecule has 1 fully saturated rings. The maximum Gasteiger partial charge on any atom is 0.200 e. The highest BCUT2D eigenvalue weighted by atomic mass is 19.2. The lowest BCUT2D eigenvalue weighted by atomic mass is 9.64. The van der Waals surface area contributed by atoms with E-state index in [1.165, 1.54) is 13.2 Å². The molecule has 1 saturated carbocycles. The molecule has 0 atom stereocenters. The Kier molecular flexibility index (Phi) is 2.58. The Hall–Kier alpha value is -1.96. The molecule has 0 saturated heterocycles. The van der Waals surface area contributed by atoms with Crippen LogP contribution in [0.1, 0.15) is 18.4 Å². The van der Waals surface area contributed by atoms with Crippen molar-refractivity contribution in [3.8, 4) is 11.8 Å². The van der Waals surface area contributed by atoms with Crippen LogP contribution >= 0.6 is 0 Å². The lowest BCUT2D eigenvalue weighted by Gasteiger charge is -2.35. The second kappa shape index (κ2) is 3.81. The van der Waals surface area contributed by atoms with Gasteiger partial charge >= 0.3 is 0 Å². The Morgan fingerprint density at radius 3 is 2.53 bits per heavy atom. The summed E-state index contributed by atoms with van der Waals surface area (Å²) in [5.74, 6) is -2.53. The predicted octanol–water partition coefficient (Wildman–Crippen LogP) is 2.10. The van der Waals surface area contributed by atoms with Gasteiger partial charge in [0, 0.05) is 18.4 Å². The average Bonchev–Trinajstić information content (AvgIpc) is 2.28. The summed E-state index contributed by atoms with van der Waals surface area (Å²) in [5.41, 5.74) is -0.835. The van der Waals surface area contributed by atoms with Crippen molar-refractivity contribution in [2.75, 3.05) is 7.11 Å². The zero-order chi connectivity index (χ0) is 12.6. The molecule has 5 heteroatoms. The number of rotatable bonds is 2. The van der Waals surface area contributed by atoms with Gasteiger partial charge in [-0.05, 0) is 6.07 Å². The molecule has 1 aliphatic carbocycles. The minimum atomic E-state index is -1.13. The Morgan fingerprint density at radius 2 is 2.06 bits per heavy atom. The van der Waals surface area contributed by atoms with Gasteiger partial charge in [0.1, 0.15) is 5.78 Å². The molecule has 1 aliphatic rings. The van der Waals surface area contributed by atoms with Crippen molar-refractivity contribution < 1.29 is 18.3 Å². The molecule has 0 unspecified atom stereocenters. The number of benzene rings is 1. The summed E-state index contributed by atoms with van der Waals surface area (Å²) in [5, 5.41) is 9.11. The fourth-order valence-electron chi connectivity index (χ4n) is 2.06. The molecule has 0 N–H and O–H groups in total. The smallest absolute Gasteiger partial charge is 0.200 e. The number of hydrogen-bond acceptors (Lipinski definition) is 3. The average molecular weight is 237 g/mol. The van der Waals surface area contributed by atoms with Crippen LogP contribution in [0.3, 0.4) is 0 Å². The van der Waals surface area contributed by atoms with E-state index in [0.29, 0.717) is 0 Å². The van der Waals surface area contributed by atoms with Crippen LogP contribution in [0.2, 0.25) is 0 Å². The lowest BCUT2D eigenvalue weighted by Crippen LogP contribution is -2.40. The van der Waals surface area contributed by atoms with Crippen LogP contribution in [0.25, 0.3) is 0 Å². The van der Waals surface area contributed by atoms with E-state index in [9.17, 15) is 13.6 Å². The first-order valence-corrected chi connectivity index (χ1v) is 4.99.